The predicted molar refractivity (Wildman–Crippen MR) is 69.8 cm³/mol. The van der Waals surface area contributed by atoms with Gasteiger partial charge in [0.15, 0.2) is 0 Å². The van der Waals surface area contributed by atoms with Crippen LogP contribution in [0.4, 0.5) is 0 Å². The SMILES string of the molecule is CN1CCN(C(C)(C)CNC(=O)CCN)CC1. The molecule has 3 N–H and O–H groups in total. The van der Waals surface area contributed by atoms with Crippen molar-refractivity contribution in [3.63, 3.8) is 0 Å². The van der Waals surface area contributed by atoms with Crippen LogP contribution in [-0.4, -0.2) is 67.6 Å². The fourth-order valence-electron chi connectivity index (χ4n) is 2.06. The van der Waals surface area contributed by atoms with E-state index in [0.29, 0.717) is 19.5 Å². The quantitative estimate of drug-likeness (QED) is 0.681. The summed E-state index contributed by atoms with van der Waals surface area (Å²) in [6, 6.07) is 0. The Labute approximate surface area is 104 Å². The number of carbonyl (C=O) groups is 1. The molecule has 5 heteroatoms. The molecule has 0 aromatic heterocycles. The van der Waals surface area contributed by atoms with Gasteiger partial charge in [0.1, 0.15) is 0 Å². The number of nitrogens with two attached hydrogens (primary N) is 1. The van der Waals surface area contributed by atoms with Gasteiger partial charge in [0, 0.05) is 51.2 Å². The minimum atomic E-state index is 0.0194. The summed E-state index contributed by atoms with van der Waals surface area (Å²) in [5.41, 5.74) is 5.37. The van der Waals surface area contributed by atoms with Gasteiger partial charge in [0.2, 0.25) is 5.91 Å². The maximum absolute atomic E-state index is 11.4. The van der Waals surface area contributed by atoms with E-state index in [1.807, 2.05) is 0 Å². The van der Waals surface area contributed by atoms with E-state index >= 15 is 0 Å². The van der Waals surface area contributed by atoms with Crippen molar-refractivity contribution in [2.45, 2.75) is 25.8 Å². The van der Waals surface area contributed by atoms with Gasteiger partial charge in [0.05, 0.1) is 0 Å². The number of carbonyl (C=O) groups excluding carboxylic acids is 1. The summed E-state index contributed by atoms with van der Waals surface area (Å²) in [5, 5.41) is 2.96. The molecule has 1 rings (SSSR count). The molecule has 5 nitrogen and oxygen atoms in total. The Balaban J connectivity index is 2.36. The van der Waals surface area contributed by atoms with Gasteiger partial charge in [-0.05, 0) is 20.9 Å². The van der Waals surface area contributed by atoms with Crippen molar-refractivity contribution in [1.29, 1.82) is 0 Å². The molecule has 1 heterocycles. The molecule has 0 spiro atoms. The Morgan fingerprint density at radius 2 is 1.88 bits per heavy atom. The molecular formula is C12H26N4O. The third-order valence-electron chi connectivity index (χ3n) is 3.45. The number of nitrogens with one attached hydrogen (secondary N) is 1. The maximum Gasteiger partial charge on any atom is 0.221 e. The summed E-state index contributed by atoms with van der Waals surface area (Å²) in [6.07, 6.45) is 0.415. The topological polar surface area (TPSA) is 61.6 Å². The fourth-order valence-corrected chi connectivity index (χ4v) is 2.06. The average Bonchev–Trinajstić information content (AvgIpc) is 2.28. The van der Waals surface area contributed by atoms with Gasteiger partial charge < -0.3 is 16.0 Å². The largest absolute Gasteiger partial charge is 0.354 e. The van der Waals surface area contributed by atoms with Gasteiger partial charge in [-0.2, -0.15) is 0 Å². The van der Waals surface area contributed by atoms with Crippen LogP contribution in [0.3, 0.4) is 0 Å². The van der Waals surface area contributed by atoms with E-state index in [2.05, 4.69) is 36.0 Å². The monoisotopic (exact) mass is 242 g/mol. The lowest BCUT2D eigenvalue weighted by Gasteiger charge is -2.43. The van der Waals surface area contributed by atoms with Crippen molar-refractivity contribution in [1.82, 2.24) is 15.1 Å². The molecule has 0 unspecified atom stereocenters. The van der Waals surface area contributed by atoms with Crippen LogP contribution in [0.1, 0.15) is 20.3 Å². The first-order valence-corrected chi connectivity index (χ1v) is 6.36. The van der Waals surface area contributed by atoms with E-state index in [1.54, 1.807) is 0 Å². The zero-order valence-electron chi connectivity index (χ0n) is 11.3. The van der Waals surface area contributed by atoms with Gasteiger partial charge in [0.25, 0.3) is 0 Å². The van der Waals surface area contributed by atoms with E-state index in [4.69, 9.17) is 5.73 Å². The van der Waals surface area contributed by atoms with Gasteiger partial charge >= 0.3 is 0 Å². The van der Waals surface area contributed by atoms with Crippen molar-refractivity contribution in [3.8, 4) is 0 Å². The second kappa shape index (κ2) is 6.33. The highest BCUT2D eigenvalue weighted by Gasteiger charge is 2.29. The zero-order chi connectivity index (χ0) is 12.9. The van der Waals surface area contributed by atoms with Crippen molar-refractivity contribution < 1.29 is 4.79 Å². The predicted octanol–water partition coefficient (Wildman–Crippen LogP) is -0.523. The second-order valence-corrected chi connectivity index (χ2v) is 5.42. The van der Waals surface area contributed by atoms with E-state index in [0.717, 1.165) is 26.2 Å². The minimum Gasteiger partial charge on any atom is -0.354 e. The lowest BCUT2D eigenvalue weighted by atomic mass is 10.0. The lowest BCUT2D eigenvalue weighted by molar-refractivity contribution is -0.121. The second-order valence-electron chi connectivity index (χ2n) is 5.42. The number of amides is 1. The van der Waals surface area contributed by atoms with Gasteiger partial charge in [-0.25, -0.2) is 0 Å². The number of hydrogen-bond acceptors (Lipinski definition) is 4. The standard InChI is InChI=1S/C12H26N4O/c1-12(2,10-14-11(17)4-5-13)16-8-6-15(3)7-9-16/h4-10,13H2,1-3H3,(H,14,17). The van der Waals surface area contributed by atoms with Gasteiger partial charge in [-0.1, -0.05) is 0 Å². The lowest BCUT2D eigenvalue weighted by Crippen LogP contribution is -2.57. The van der Waals surface area contributed by atoms with Gasteiger partial charge in [-0.3, -0.25) is 9.69 Å². The molecule has 1 saturated heterocycles. The molecule has 0 aliphatic carbocycles. The Morgan fingerprint density at radius 1 is 1.29 bits per heavy atom. The van der Waals surface area contributed by atoms with E-state index in [1.165, 1.54) is 0 Å². The van der Waals surface area contributed by atoms with Crippen LogP contribution in [0, 0.1) is 0 Å². The fraction of sp³-hybridized carbons (Fsp3) is 0.917. The van der Waals surface area contributed by atoms with Crippen molar-refractivity contribution in [3.05, 3.63) is 0 Å². The summed E-state index contributed by atoms with van der Waals surface area (Å²) < 4.78 is 0. The minimum absolute atomic E-state index is 0.0194. The van der Waals surface area contributed by atoms with E-state index < -0.39 is 0 Å². The summed E-state index contributed by atoms with van der Waals surface area (Å²) in [4.78, 5) is 16.2. The molecule has 0 radical (unpaired) electrons. The summed E-state index contributed by atoms with van der Waals surface area (Å²) >= 11 is 0. The van der Waals surface area contributed by atoms with Crippen LogP contribution in [0.15, 0.2) is 0 Å². The Hall–Kier alpha value is -0.650. The van der Waals surface area contributed by atoms with Crippen LogP contribution < -0.4 is 11.1 Å². The normalized spacial score (nSPS) is 19.3. The molecule has 1 amide bonds. The number of hydrogen-bond donors (Lipinski definition) is 2. The molecule has 1 fully saturated rings. The number of piperazine rings is 1. The maximum atomic E-state index is 11.4. The number of rotatable bonds is 5. The molecule has 100 valence electrons. The Kier molecular flexibility index (Phi) is 5.36. The number of nitrogens with zero attached hydrogens (tertiary/aromatic N) is 2. The molecule has 1 aliphatic heterocycles. The molecule has 0 aromatic rings. The smallest absolute Gasteiger partial charge is 0.221 e. The third-order valence-corrected chi connectivity index (χ3v) is 3.45. The van der Waals surface area contributed by atoms with Crippen LogP contribution in [0.5, 0.6) is 0 Å². The third kappa shape index (κ3) is 4.61. The Morgan fingerprint density at radius 3 is 2.41 bits per heavy atom. The highest BCUT2D eigenvalue weighted by molar-refractivity contribution is 5.76. The van der Waals surface area contributed by atoms with Crippen molar-refractivity contribution >= 4 is 5.91 Å². The highest BCUT2D eigenvalue weighted by atomic mass is 16.1. The van der Waals surface area contributed by atoms with Crippen molar-refractivity contribution in [2.75, 3.05) is 46.3 Å². The highest BCUT2D eigenvalue weighted by Crippen LogP contribution is 2.15. The average molecular weight is 242 g/mol. The summed E-state index contributed by atoms with van der Waals surface area (Å²) in [6.45, 7) is 9.80. The molecule has 0 aromatic carbocycles. The molecule has 0 bridgehead atoms. The summed E-state index contributed by atoms with van der Waals surface area (Å²) in [7, 11) is 2.15. The van der Waals surface area contributed by atoms with Crippen LogP contribution >= 0.6 is 0 Å². The van der Waals surface area contributed by atoms with Gasteiger partial charge in [-0.15, -0.1) is 0 Å². The first-order chi connectivity index (χ1) is 7.95. The van der Waals surface area contributed by atoms with E-state index in [-0.39, 0.29) is 11.4 Å². The first-order valence-electron chi connectivity index (χ1n) is 6.36. The molecule has 0 saturated carbocycles. The summed E-state index contributed by atoms with van der Waals surface area (Å²) in [5.74, 6) is 0.0507. The number of likely N-dealkylation sites (N-methyl/N-ethyl adjacent to an activating group) is 1. The van der Waals surface area contributed by atoms with Crippen LogP contribution in [-0.2, 0) is 4.79 Å². The van der Waals surface area contributed by atoms with Crippen LogP contribution in [0.25, 0.3) is 0 Å². The molecule has 17 heavy (non-hydrogen) atoms. The molecular weight excluding hydrogens is 216 g/mol. The first kappa shape index (κ1) is 14.4. The molecule has 1 aliphatic rings. The van der Waals surface area contributed by atoms with Crippen LogP contribution in [0.2, 0.25) is 0 Å². The van der Waals surface area contributed by atoms with E-state index in [9.17, 15) is 4.79 Å². The van der Waals surface area contributed by atoms with Crippen molar-refractivity contribution in [2.24, 2.45) is 5.73 Å². The Bertz CT molecular complexity index is 247. The zero-order valence-corrected chi connectivity index (χ0v) is 11.3. The molecule has 0 atom stereocenters.